The predicted octanol–water partition coefficient (Wildman–Crippen LogP) is 1.41. The van der Waals surface area contributed by atoms with E-state index >= 15 is 0 Å². The van der Waals surface area contributed by atoms with Crippen molar-refractivity contribution in [2.45, 2.75) is 11.7 Å². The van der Waals surface area contributed by atoms with Crippen LogP contribution in [0.4, 0.5) is 0 Å². The number of fused-ring (bicyclic) bond motifs is 1. The molecule has 1 aliphatic rings. The van der Waals surface area contributed by atoms with Crippen molar-refractivity contribution in [2.24, 2.45) is 0 Å². The van der Waals surface area contributed by atoms with Crippen LogP contribution in [0.2, 0.25) is 0 Å². The van der Waals surface area contributed by atoms with Gasteiger partial charge in [-0.25, -0.2) is 18.4 Å². The number of morpholine rings is 1. The second-order valence-electron chi connectivity index (χ2n) is 6.75. The second kappa shape index (κ2) is 8.64. The van der Waals surface area contributed by atoms with Crippen molar-refractivity contribution < 1.29 is 13.2 Å². The monoisotopic (exact) mass is 433 g/mol. The van der Waals surface area contributed by atoms with Gasteiger partial charge in [0.05, 0.1) is 23.1 Å². The van der Waals surface area contributed by atoms with E-state index in [0.29, 0.717) is 32.8 Å². The molecule has 3 heterocycles. The zero-order chi connectivity index (χ0) is 19.6. The summed E-state index contributed by atoms with van der Waals surface area (Å²) in [5.74, 6) is 0. The van der Waals surface area contributed by atoms with Gasteiger partial charge in [-0.1, -0.05) is 11.6 Å². The molecule has 0 spiro atoms. The van der Waals surface area contributed by atoms with Crippen LogP contribution in [0, 0.1) is 0 Å². The molecule has 3 rings (SSSR count). The van der Waals surface area contributed by atoms with Gasteiger partial charge in [0.15, 0.2) is 0 Å². The van der Waals surface area contributed by atoms with Crippen LogP contribution in [0.25, 0.3) is 10.2 Å². The molecule has 2 aromatic rings. The Hall–Kier alpha value is -0.880. The maximum Gasteiger partial charge on any atom is 0.212 e. The standard InChI is InChI=1S/C16H24ClN5O3S2/c1-20(2)4-5-22(27(3,23)24)16(21-6-7-25-15(17)10-21)13-8-12-14(26-13)9-18-11-19-12/h8-9,11,15-16H,4-7,10H2,1-3H3. The van der Waals surface area contributed by atoms with Gasteiger partial charge in [-0.15, -0.1) is 11.3 Å². The molecule has 2 unspecified atom stereocenters. The first-order chi connectivity index (χ1) is 12.8. The smallest absolute Gasteiger partial charge is 0.212 e. The number of likely N-dealkylation sites (N-methyl/N-ethyl adjacent to an activating group) is 1. The lowest BCUT2D eigenvalue weighted by molar-refractivity contribution is -0.0292. The zero-order valence-electron chi connectivity index (χ0n) is 15.6. The number of aromatic nitrogens is 2. The number of halogens is 1. The van der Waals surface area contributed by atoms with Gasteiger partial charge >= 0.3 is 0 Å². The highest BCUT2D eigenvalue weighted by atomic mass is 35.5. The van der Waals surface area contributed by atoms with Crippen molar-refractivity contribution in [3.05, 3.63) is 23.5 Å². The van der Waals surface area contributed by atoms with Gasteiger partial charge in [-0.2, -0.15) is 4.31 Å². The first-order valence-electron chi connectivity index (χ1n) is 8.56. The highest BCUT2D eigenvalue weighted by Crippen LogP contribution is 2.36. The number of sulfonamides is 1. The molecule has 0 radical (unpaired) electrons. The highest BCUT2D eigenvalue weighted by Gasteiger charge is 2.36. The van der Waals surface area contributed by atoms with E-state index in [2.05, 4.69) is 14.9 Å². The van der Waals surface area contributed by atoms with E-state index in [1.165, 1.54) is 23.9 Å². The highest BCUT2D eigenvalue weighted by molar-refractivity contribution is 7.88. The molecule has 11 heteroatoms. The quantitative estimate of drug-likeness (QED) is 0.611. The van der Waals surface area contributed by atoms with Crippen molar-refractivity contribution in [2.75, 3.05) is 53.1 Å². The Morgan fingerprint density at radius 1 is 1.44 bits per heavy atom. The number of alkyl halides is 1. The minimum atomic E-state index is -3.46. The predicted molar refractivity (Wildman–Crippen MR) is 107 cm³/mol. The van der Waals surface area contributed by atoms with Crippen molar-refractivity contribution in [3.63, 3.8) is 0 Å². The van der Waals surface area contributed by atoms with Gasteiger partial charge in [0.1, 0.15) is 18.1 Å². The van der Waals surface area contributed by atoms with Crippen LogP contribution < -0.4 is 0 Å². The molecule has 27 heavy (non-hydrogen) atoms. The molecule has 0 N–H and O–H groups in total. The third-order valence-corrected chi connectivity index (χ3v) is 6.93. The Kier molecular flexibility index (Phi) is 6.67. The molecule has 0 aliphatic carbocycles. The Balaban J connectivity index is 2.04. The van der Waals surface area contributed by atoms with Gasteiger partial charge in [0.2, 0.25) is 10.0 Å². The topological polar surface area (TPSA) is 78.9 Å². The minimum absolute atomic E-state index is 0.376. The number of hydrogen-bond donors (Lipinski definition) is 0. The fourth-order valence-electron chi connectivity index (χ4n) is 3.05. The SMILES string of the molecule is CN(C)CCN(C(c1cc2ncncc2s1)N1CCOC(Cl)C1)S(C)(=O)=O. The fraction of sp³-hybridized carbons (Fsp3) is 0.625. The van der Waals surface area contributed by atoms with Gasteiger partial charge in [0, 0.05) is 37.3 Å². The summed E-state index contributed by atoms with van der Waals surface area (Å²) in [4.78, 5) is 13.3. The number of nitrogens with zero attached hydrogens (tertiary/aromatic N) is 5. The third-order valence-electron chi connectivity index (χ3n) is 4.34. The Morgan fingerprint density at radius 2 is 2.22 bits per heavy atom. The number of ether oxygens (including phenoxy) is 1. The van der Waals surface area contributed by atoms with Crippen LogP contribution in [0.15, 0.2) is 18.6 Å². The van der Waals surface area contributed by atoms with Gasteiger partial charge in [0.25, 0.3) is 0 Å². The molecule has 1 fully saturated rings. The maximum atomic E-state index is 12.7. The summed E-state index contributed by atoms with van der Waals surface area (Å²) >= 11 is 7.72. The average molecular weight is 434 g/mol. The summed E-state index contributed by atoms with van der Waals surface area (Å²) in [6.45, 7) is 2.49. The Morgan fingerprint density at radius 3 is 2.85 bits per heavy atom. The van der Waals surface area contributed by atoms with Crippen molar-refractivity contribution in [1.82, 2.24) is 24.1 Å². The zero-order valence-corrected chi connectivity index (χ0v) is 18.0. The van der Waals surface area contributed by atoms with Gasteiger partial charge < -0.3 is 9.64 Å². The van der Waals surface area contributed by atoms with E-state index in [-0.39, 0.29) is 0 Å². The summed E-state index contributed by atoms with van der Waals surface area (Å²) < 4.78 is 33.3. The minimum Gasteiger partial charge on any atom is -0.360 e. The van der Waals surface area contributed by atoms with Gasteiger partial charge in [-0.05, 0) is 20.2 Å². The normalized spacial score (nSPS) is 20.6. The summed E-state index contributed by atoms with van der Waals surface area (Å²) in [5.41, 5.74) is 0.345. The molecule has 2 aromatic heterocycles. The van der Waals surface area contributed by atoms with E-state index in [4.69, 9.17) is 16.3 Å². The Labute approximate surface area is 168 Å². The molecule has 0 saturated carbocycles. The lowest BCUT2D eigenvalue weighted by Crippen LogP contribution is -2.51. The average Bonchev–Trinajstić information content (AvgIpc) is 3.00. The van der Waals surface area contributed by atoms with E-state index < -0.39 is 21.8 Å². The Bertz CT molecular complexity index is 843. The molecule has 1 aliphatic heterocycles. The van der Waals surface area contributed by atoms with Crippen LogP contribution >= 0.6 is 22.9 Å². The van der Waals surface area contributed by atoms with E-state index in [1.807, 2.05) is 25.1 Å². The largest absolute Gasteiger partial charge is 0.360 e. The van der Waals surface area contributed by atoms with Crippen molar-refractivity contribution in [1.29, 1.82) is 0 Å². The van der Waals surface area contributed by atoms with Crippen molar-refractivity contribution >= 4 is 43.2 Å². The summed E-state index contributed by atoms with van der Waals surface area (Å²) in [6.07, 6.45) is 4.05. The van der Waals surface area contributed by atoms with Crippen LogP contribution in [0.3, 0.4) is 0 Å². The van der Waals surface area contributed by atoms with Crippen LogP contribution in [0.5, 0.6) is 0 Å². The molecule has 0 bridgehead atoms. The number of hydrogen-bond acceptors (Lipinski definition) is 8. The molecule has 2 atom stereocenters. The first kappa shape index (κ1) is 20.8. The van der Waals surface area contributed by atoms with Crippen LogP contribution in [-0.4, -0.2) is 91.2 Å². The first-order valence-corrected chi connectivity index (χ1v) is 11.7. The lowest BCUT2D eigenvalue weighted by atomic mass is 10.2. The third kappa shape index (κ3) is 5.14. The van der Waals surface area contributed by atoms with Gasteiger partial charge in [-0.3, -0.25) is 4.90 Å². The lowest BCUT2D eigenvalue weighted by Gasteiger charge is -2.41. The summed E-state index contributed by atoms with van der Waals surface area (Å²) in [7, 11) is 0.389. The molecule has 150 valence electrons. The molecule has 1 saturated heterocycles. The molecule has 0 aromatic carbocycles. The molecular formula is C16H24ClN5O3S2. The van der Waals surface area contributed by atoms with Crippen LogP contribution in [-0.2, 0) is 14.8 Å². The molecular weight excluding hydrogens is 410 g/mol. The number of rotatable bonds is 7. The number of thiophene rings is 1. The maximum absolute atomic E-state index is 12.7. The van der Waals surface area contributed by atoms with E-state index in [1.54, 1.807) is 10.5 Å². The molecule has 8 nitrogen and oxygen atoms in total. The van der Waals surface area contributed by atoms with Crippen LogP contribution in [0.1, 0.15) is 11.0 Å². The molecule has 0 amide bonds. The summed E-state index contributed by atoms with van der Waals surface area (Å²) in [6, 6.07) is 1.94. The fourth-order valence-corrected chi connectivity index (χ4v) is 5.54. The van der Waals surface area contributed by atoms with E-state index in [0.717, 1.165) is 15.1 Å². The second-order valence-corrected chi connectivity index (χ2v) is 10.3. The van der Waals surface area contributed by atoms with E-state index in [9.17, 15) is 8.42 Å². The van der Waals surface area contributed by atoms with Crippen molar-refractivity contribution in [3.8, 4) is 0 Å². The summed E-state index contributed by atoms with van der Waals surface area (Å²) in [5, 5.41) is 0.